The third-order valence-corrected chi connectivity index (χ3v) is 5.04. The van der Waals surface area contributed by atoms with Gasteiger partial charge in [0.05, 0.1) is 12.2 Å². The summed E-state index contributed by atoms with van der Waals surface area (Å²) in [6.45, 7) is 4.94. The lowest BCUT2D eigenvalue weighted by Crippen LogP contribution is -2.51. The summed E-state index contributed by atoms with van der Waals surface area (Å²) in [5.41, 5.74) is -0.235. The van der Waals surface area contributed by atoms with Gasteiger partial charge in [-0.15, -0.1) is 0 Å². The van der Waals surface area contributed by atoms with E-state index < -0.39 is 29.8 Å². The van der Waals surface area contributed by atoms with Gasteiger partial charge in [-0.1, -0.05) is 0 Å². The Morgan fingerprint density at radius 1 is 1.16 bits per heavy atom. The minimum absolute atomic E-state index is 0.0413. The molecule has 1 saturated heterocycles. The summed E-state index contributed by atoms with van der Waals surface area (Å²) in [5, 5.41) is 0.719. The van der Waals surface area contributed by atoms with Gasteiger partial charge in [0.25, 0.3) is 0 Å². The third kappa shape index (κ3) is 5.77. The molecule has 3 heterocycles. The van der Waals surface area contributed by atoms with E-state index in [-0.39, 0.29) is 38.0 Å². The number of aromatic nitrogens is 2. The number of hydrogen-bond acceptors (Lipinski definition) is 5. The van der Waals surface area contributed by atoms with Crippen molar-refractivity contribution in [1.29, 1.82) is 0 Å². The molecule has 2 aromatic rings. The van der Waals surface area contributed by atoms with Crippen LogP contribution < -0.4 is 5.56 Å². The summed E-state index contributed by atoms with van der Waals surface area (Å²) in [7, 11) is 0. The first-order valence-corrected chi connectivity index (χ1v) is 10.2. The average Bonchev–Trinajstić information content (AvgIpc) is 2.69. The number of pyridine rings is 2. The minimum atomic E-state index is -4.93. The van der Waals surface area contributed by atoms with E-state index in [1.807, 2.05) is 0 Å². The molecule has 8 nitrogen and oxygen atoms in total. The molecule has 0 bridgehead atoms. The normalized spacial score (nSPS) is 15.6. The largest absolute Gasteiger partial charge is 0.471 e. The number of carbonyl (C=O) groups excluding carboxylic acids is 2. The zero-order valence-electron chi connectivity index (χ0n) is 18.0. The molecule has 1 aliphatic rings. The maximum atomic E-state index is 12.9. The van der Waals surface area contributed by atoms with Crippen LogP contribution in [0, 0.1) is 0 Å². The first kappa shape index (κ1) is 23.6. The Labute approximate surface area is 182 Å². The smallest absolute Gasteiger partial charge is 0.444 e. The topological polar surface area (TPSA) is 95.6 Å². The van der Waals surface area contributed by atoms with E-state index in [1.54, 1.807) is 39.0 Å². The fourth-order valence-electron chi connectivity index (χ4n) is 3.55. The number of ether oxygens (including phenoxy) is 1. The number of rotatable bonds is 3. The van der Waals surface area contributed by atoms with E-state index >= 15 is 0 Å². The van der Waals surface area contributed by atoms with Crippen molar-refractivity contribution in [2.24, 2.45) is 0 Å². The highest BCUT2D eigenvalue weighted by Gasteiger charge is 2.44. The number of alkyl halides is 3. The summed E-state index contributed by atoms with van der Waals surface area (Å²) in [6, 6.07) is 6.04. The lowest BCUT2D eigenvalue weighted by molar-refractivity contribution is -0.186. The van der Waals surface area contributed by atoms with E-state index in [0.717, 1.165) is 10.3 Å². The monoisotopic (exact) mass is 454 g/mol. The SMILES string of the molecule is CC(C)(C)OC(=O)N(Cc1ccc2ccc(=O)[nH]c2n1)C1CCN(C(=O)C(F)(F)F)CC1. The lowest BCUT2D eigenvalue weighted by atomic mass is 10.0. The highest BCUT2D eigenvalue weighted by molar-refractivity contribution is 5.82. The maximum Gasteiger partial charge on any atom is 0.471 e. The van der Waals surface area contributed by atoms with Crippen molar-refractivity contribution in [3.63, 3.8) is 0 Å². The van der Waals surface area contributed by atoms with Gasteiger partial charge >= 0.3 is 18.2 Å². The van der Waals surface area contributed by atoms with E-state index in [1.165, 1.54) is 11.0 Å². The Hall–Kier alpha value is -3.11. The van der Waals surface area contributed by atoms with Gasteiger partial charge in [0.1, 0.15) is 11.2 Å². The maximum absolute atomic E-state index is 12.9. The van der Waals surface area contributed by atoms with Crippen LogP contribution in [0.4, 0.5) is 18.0 Å². The zero-order valence-corrected chi connectivity index (χ0v) is 18.0. The molecule has 3 rings (SSSR count). The number of aromatic amines is 1. The van der Waals surface area contributed by atoms with Crippen LogP contribution in [0.3, 0.4) is 0 Å². The number of H-pyrrole nitrogens is 1. The van der Waals surface area contributed by atoms with E-state index in [4.69, 9.17) is 4.74 Å². The van der Waals surface area contributed by atoms with Gasteiger partial charge in [-0.2, -0.15) is 13.2 Å². The number of hydrogen-bond donors (Lipinski definition) is 1. The van der Waals surface area contributed by atoms with Crippen LogP contribution in [-0.2, 0) is 16.1 Å². The van der Waals surface area contributed by atoms with E-state index in [2.05, 4.69) is 9.97 Å². The van der Waals surface area contributed by atoms with Crippen LogP contribution in [0.2, 0.25) is 0 Å². The number of piperidine rings is 1. The summed E-state index contributed by atoms with van der Waals surface area (Å²) in [4.78, 5) is 45.2. The molecule has 32 heavy (non-hydrogen) atoms. The van der Waals surface area contributed by atoms with Crippen LogP contribution in [0.5, 0.6) is 0 Å². The number of nitrogens with zero attached hydrogens (tertiary/aromatic N) is 3. The summed E-state index contributed by atoms with van der Waals surface area (Å²) in [6.07, 6.45) is -5.21. The molecular weight excluding hydrogens is 429 g/mol. The molecule has 2 amide bonds. The molecule has 174 valence electrons. The molecule has 1 fully saturated rings. The molecule has 0 saturated carbocycles. The second-order valence-electron chi connectivity index (χ2n) is 8.69. The van der Waals surface area contributed by atoms with Crippen LogP contribution >= 0.6 is 0 Å². The Morgan fingerprint density at radius 2 is 1.78 bits per heavy atom. The molecule has 0 atom stereocenters. The zero-order chi connectivity index (χ0) is 23.7. The van der Waals surface area contributed by atoms with Gasteiger partial charge in [0.2, 0.25) is 5.56 Å². The molecular formula is C21H25F3N4O4. The number of amides is 2. The molecule has 0 radical (unpaired) electrons. The summed E-state index contributed by atoms with van der Waals surface area (Å²) in [5.74, 6) is -1.88. The molecule has 0 unspecified atom stereocenters. The molecule has 0 aromatic carbocycles. The number of fused-ring (bicyclic) bond motifs is 1. The van der Waals surface area contributed by atoms with Crippen molar-refractivity contribution in [3.05, 3.63) is 40.3 Å². The Bertz CT molecular complexity index is 1050. The van der Waals surface area contributed by atoms with Gasteiger partial charge < -0.3 is 14.6 Å². The van der Waals surface area contributed by atoms with Crippen molar-refractivity contribution in [3.8, 4) is 0 Å². The Morgan fingerprint density at radius 3 is 2.38 bits per heavy atom. The van der Waals surface area contributed by atoms with Crippen LogP contribution in [0.25, 0.3) is 11.0 Å². The Kier molecular flexibility index (Phi) is 6.47. The second-order valence-corrected chi connectivity index (χ2v) is 8.69. The van der Waals surface area contributed by atoms with Gasteiger partial charge in [0, 0.05) is 30.6 Å². The number of nitrogens with one attached hydrogen (secondary N) is 1. The predicted molar refractivity (Wildman–Crippen MR) is 110 cm³/mol. The van der Waals surface area contributed by atoms with Crippen LogP contribution in [0.1, 0.15) is 39.3 Å². The first-order valence-electron chi connectivity index (χ1n) is 10.2. The minimum Gasteiger partial charge on any atom is -0.444 e. The molecule has 0 aliphatic carbocycles. The van der Waals surface area contributed by atoms with E-state index in [9.17, 15) is 27.6 Å². The van der Waals surface area contributed by atoms with Gasteiger partial charge in [-0.05, 0) is 51.8 Å². The highest BCUT2D eigenvalue weighted by atomic mass is 19.4. The van der Waals surface area contributed by atoms with Gasteiger partial charge in [-0.3, -0.25) is 14.5 Å². The average molecular weight is 454 g/mol. The third-order valence-electron chi connectivity index (χ3n) is 5.04. The summed E-state index contributed by atoms with van der Waals surface area (Å²) >= 11 is 0. The number of halogens is 3. The van der Waals surface area contributed by atoms with Crippen molar-refractivity contribution >= 4 is 23.0 Å². The molecule has 2 aromatic heterocycles. The van der Waals surface area contributed by atoms with Crippen molar-refractivity contribution in [1.82, 2.24) is 19.8 Å². The van der Waals surface area contributed by atoms with Crippen LogP contribution in [-0.4, -0.2) is 62.7 Å². The fourth-order valence-corrected chi connectivity index (χ4v) is 3.55. The lowest BCUT2D eigenvalue weighted by Gasteiger charge is -2.39. The molecule has 1 aliphatic heterocycles. The van der Waals surface area contributed by atoms with Crippen LogP contribution in [0.15, 0.2) is 29.1 Å². The number of likely N-dealkylation sites (tertiary alicyclic amines) is 1. The highest BCUT2D eigenvalue weighted by Crippen LogP contribution is 2.25. The van der Waals surface area contributed by atoms with E-state index in [0.29, 0.717) is 11.3 Å². The molecule has 1 N–H and O–H groups in total. The number of carbonyl (C=O) groups is 2. The second kappa shape index (κ2) is 8.79. The fraction of sp³-hybridized carbons (Fsp3) is 0.524. The van der Waals surface area contributed by atoms with Gasteiger partial charge in [0.15, 0.2) is 0 Å². The standard InChI is InChI=1S/C21H25F3N4O4/c1-20(2,3)32-19(31)28(15-8-10-27(11-9-15)18(30)21(22,23)24)12-14-6-4-13-5-7-16(29)26-17(13)25-14/h4-7,15H,8-12H2,1-3H3,(H,25,26,29). The van der Waals surface area contributed by atoms with Crippen molar-refractivity contribution in [2.45, 2.75) is 58.0 Å². The quantitative estimate of drug-likeness (QED) is 0.769. The van der Waals surface area contributed by atoms with Crippen molar-refractivity contribution in [2.75, 3.05) is 13.1 Å². The summed E-state index contributed by atoms with van der Waals surface area (Å²) < 4.78 is 43.7. The van der Waals surface area contributed by atoms with Crippen molar-refractivity contribution < 1.29 is 27.5 Å². The molecule has 0 spiro atoms. The Balaban J connectivity index is 1.81. The molecule has 11 heteroatoms. The first-order chi connectivity index (χ1) is 14.8. The van der Waals surface area contributed by atoms with Gasteiger partial charge in [-0.25, -0.2) is 9.78 Å². The predicted octanol–water partition coefficient (Wildman–Crippen LogP) is 3.21.